The first-order chi connectivity index (χ1) is 15.9. The molecule has 11 heteroatoms. The van der Waals surface area contributed by atoms with Crippen molar-refractivity contribution in [1.82, 2.24) is 24.1 Å². The number of pyridine rings is 1. The van der Waals surface area contributed by atoms with Gasteiger partial charge in [-0.1, -0.05) is 0 Å². The summed E-state index contributed by atoms with van der Waals surface area (Å²) in [6.07, 6.45) is 3.48. The molecule has 1 aliphatic heterocycles. The third-order valence-electron chi connectivity index (χ3n) is 5.44. The zero-order chi connectivity index (χ0) is 23.5. The first kappa shape index (κ1) is 22.9. The van der Waals surface area contributed by atoms with Gasteiger partial charge in [0.05, 0.1) is 31.5 Å². The van der Waals surface area contributed by atoms with Crippen LogP contribution in [0.1, 0.15) is 20.8 Å². The maximum Gasteiger partial charge on any atom is 0.173 e. The van der Waals surface area contributed by atoms with E-state index in [1.54, 1.807) is 26.4 Å². The van der Waals surface area contributed by atoms with Gasteiger partial charge in [-0.25, -0.2) is 15.0 Å². The van der Waals surface area contributed by atoms with Crippen LogP contribution in [0.15, 0.2) is 18.5 Å². The number of ether oxygens (including phenoxy) is 2. The number of hydrogen-bond donors (Lipinski definition) is 3. The van der Waals surface area contributed by atoms with Gasteiger partial charge in [0.25, 0.3) is 0 Å². The molecule has 0 unspecified atom stereocenters. The quantitative estimate of drug-likeness (QED) is 0.368. The van der Waals surface area contributed by atoms with E-state index in [2.05, 4.69) is 25.8 Å². The highest BCUT2D eigenvalue weighted by Crippen LogP contribution is 2.26. The van der Waals surface area contributed by atoms with Crippen LogP contribution in [0, 0.1) is 10.8 Å². The molecular weight excluding hydrogens is 422 g/mol. The molecule has 0 aliphatic carbocycles. The van der Waals surface area contributed by atoms with Crippen LogP contribution >= 0.6 is 0 Å². The molecule has 3 N–H and O–H groups in total. The highest BCUT2D eigenvalue weighted by atomic mass is 16.5. The van der Waals surface area contributed by atoms with Gasteiger partial charge in [0.15, 0.2) is 17.1 Å². The summed E-state index contributed by atoms with van der Waals surface area (Å²) in [4.78, 5) is 16.4. The summed E-state index contributed by atoms with van der Waals surface area (Å²) in [7, 11) is 1.67. The molecule has 1 aliphatic rings. The topological polar surface area (TPSA) is 130 Å². The Hall–Kier alpha value is -3.31. The van der Waals surface area contributed by atoms with E-state index in [0.29, 0.717) is 43.7 Å². The SMILES string of the molecule is COCCn1c(-c2cn(C(C)=N)c(=N)c(NC(C)C)n2)nc2cnc(N3CCOCC3)cc21. The molecule has 0 radical (unpaired) electrons. The Labute approximate surface area is 192 Å². The fourth-order valence-electron chi connectivity index (χ4n) is 3.84. The fourth-order valence-corrected chi connectivity index (χ4v) is 3.84. The highest BCUT2D eigenvalue weighted by Gasteiger charge is 2.20. The fraction of sp³-hybridized carbons (Fsp3) is 0.500. The van der Waals surface area contributed by atoms with E-state index in [4.69, 9.17) is 30.3 Å². The van der Waals surface area contributed by atoms with Gasteiger partial charge < -0.3 is 24.3 Å². The second kappa shape index (κ2) is 9.67. The van der Waals surface area contributed by atoms with Crippen LogP contribution in [0.2, 0.25) is 0 Å². The predicted molar refractivity (Wildman–Crippen MR) is 127 cm³/mol. The summed E-state index contributed by atoms with van der Waals surface area (Å²) in [5.41, 5.74) is 2.40. The summed E-state index contributed by atoms with van der Waals surface area (Å²) >= 11 is 0. The molecule has 0 aromatic carbocycles. The van der Waals surface area contributed by atoms with E-state index in [1.165, 1.54) is 4.57 Å². The van der Waals surface area contributed by atoms with E-state index < -0.39 is 0 Å². The van der Waals surface area contributed by atoms with Gasteiger partial charge in [-0.2, -0.15) is 0 Å². The van der Waals surface area contributed by atoms with Gasteiger partial charge >= 0.3 is 0 Å². The molecule has 0 amide bonds. The minimum atomic E-state index is 0.0870. The molecule has 0 bridgehead atoms. The maximum atomic E-state index is 8.47. The second-order valence-electron chi connectivity index (χ2n) is 8.29. The maximum absolute atomic E-state index is 8.47. The van der Waals surface area contributed by atoms with Crippen molar-refractivity contribution in [2.45, 2.75) is 33.4 Å². The number of nitrogens with one attached hydrogen (secondary N) is 3. The zero-order valence-electron chi connectivity index (χ0n) is 19.6. The average Bonchev–Trinajstić information content (AvgIpc) is 3.16. The number of methoxy groups -OCH3 is 1. The minimum absolute atomic E-state index is 0.0870. The standard InChI is InChI=1S/C22H31N9O2/c1-14(2)26-21-20(24)31(15(3)23)13-17(27-21)22-28-16-12-25-19(29-5-9-33-10-6-29)11-18(16)30(22)7-8-32-4/h11-14,23-24H,5-10H2,1-4H3,(H,26,27). The van der Waals surface area contributed by atoms with Crippen LogP contribution in [0.4, 0.5) is 11.6 Å². The molecule has 176 valence electrons. The number of aromatic nitrogens is 5. The van der Waals surface area contributed by atoms with Crippen LogP contribution < -0.4 is 15.7 Å². The molecule has 33 heavy (non-hydrogen) atoms. The third kappa shape index (κ3) is 4.74. The van der Waals surface area contributed by atoms with Crippen molar-refractivity contribution in [2.75, 3.05) is 50.2 Å². The molecular formula is C22H31N9O2. The van der Waals surface area contributed by atoms with Crippen molar-refractivity contribution in [3.8, 4) is 11.5 Å². The van der Waals surface area contributed by atoms with Crippen LogP contribution in [0.25, 0.3) is 22.6 Å². The van der Waals surface area contributed by atoms with E-state index in [9.17, 15) is 0 Å². The summed E-state index contributed by atoms with van der Waals surface area (Å²) in [5, 5.41) is 19.8. The van der Waals surface area contributed by atoms with Gasteiger partial charge in [0.2, 0.25) is 0 Å². The predicted octanol–water partition coefficient (Wildman–Crippen LogP) is 1.92. The summed E-state index contributed by atoms with van der Waals surface area (Å²) < 4.78 is 14.4. The number of anilines is 2. The van der Waals surface area contributed by atoms with E-state index in [0.717, 1.165) is 29.9 Å². The minimum Gasteiger partial charge on any atom is -0.383 e. The Morgan fingerprint density at radius 1 is 1.27 bits per heavy atom. The normalized spacial score (nSPS) is 14.3. The number of nitrogens with zero attached hydrogens (tertiary/aromatic N) is 6. The Morgan fingerprint density at radius 3 is 2.70 bits per heavy atom. The molecule has 4 heterocycles. The Bertz CT molecular complexity index is 1210. The van der Waals surface area contributed by atoms with Crippen molar-refractivity contribution in [3.63, 3.8) is 0 Å². The van der Waals surface area contributed by atoms with Crippen molar-refractivity contribution >= 4 is 28.5 Å². The molecule has 3 aromatic rings. The third-order valence-corrected chi connectivity index (χ3v) is 5.44. The van der Waals surface area contributed by atoms with Crippen LogP contribution in [0.3, 0.4) is 0 Å². The lowest BCUT2D eigenvalue weighted by Crippen LogP contribution is -2.36. The zero-order valence-corrected chi connectivity index (χ0v) is 19.6. The number of hydrogen-bond acceptors (Lipinski definition) is 9. The molecule has 1 fully saturated rings. The van der Waals surface area contributed by atoms with Gasteiger partial charge in [0.1, 0.15) is 22.9 Å². The Morgan fingerprint density at radius 2 is 2.03 bits per heavy atom. The number of rotatable bonds is 7. The lowest BCUT2D eigenvalue weighted by atomic mass is 10.3. The van der Waals surface area contributed by atoms with Gasteiger partial charge in [-0.3, -0.25) is 15.4 Å². The number of fused-ring (bicyclic) bond motifs is 1. The average molecular weight is 454 g/mol. The second-order valence-corrected chi connectivity index (χ2v) is 8.29. The van der Waals surface area contributed by atoms with Crippen molar-refractivity contribution in [2.24, 2.45) is 0 Å². The monoisotopic (exact) mass is 453 g/mol. The molecule has 1 saturated heterocycles. The summed E-state index contributed by atoms with van der Waals surface area (Å²) in [6, 6.07) is 2.14. The van der Waals surface area contributed by atoms with Crippen LogP contribution in [-0.4, -0.2) is 76.0 Å². The van der Waals surface area contributed by atoms with Crippen LogP contribution in [-0.2, 0) is 16.0 Å². The molecule has 3 aromatic heterocycles. The van der Waals surface area contributed by atoms with Gasteiger partial charge in [-0.05, 0) is 20.8 Å². The Kier molecular flexibility index (Phi) is 6.70. The van der Waals surface area contributed by atoms with Crippen molar-refractivity contribution < 1.29 is 9.47 Å². The summed E-state index contributed by atoms with van der Waals surface area (Å²) in [5.74, 6) is 2.17. The van der Waals surface area contributed by atoms with Crippen molar-refractivity contribution in [3.05, 3.63) is 23.9 Å². The molecule has 11 nitrogen and oxygen atoms in total. The first-order valence-corrected chi connectivity index (χ1v) is 11.1. The molecule has 4 rings (SSSR count). The van der Waals surface area contributed by atoms with Gasteiger partial charge in [0, 0.05) is 45.0 Å². The summed E-state index contributed by atoms with van der Waals surface area (Å²) in [6.45, 7) is 9.68. The smallest absolute Gasteiger partial charge is 0.173 e. The van der Waals surface area contributed by atoms with Crippen molar-refractivity contribution in [1.29, 1.82) is 10.8 Å². The lowest BCUT2D eigenvalue weighted by Gasteiger charge is -2.27. The highest BCUT2D eigenvalue weighted by molar-refractivity contribution is 5.83. The molecule has 0 spiro atoms. The number of morpholine rings is 1. The van der Waals surface area contributed by atoms with Gasteiger partial charge in [-0.15, -0.1) is 0 Å². The largest absolute Gasteiger partial charge is 0.383 e. The molecule has 0 atom stereocenters. The first-order valence-electron chi connectivity index (χ1n) is 11.1. The lowest BCUT2D eigenvalue weighted by molar-refractivity contribution is 0.122. The van der Waals surface area contributed by atoms with Crippen LogP contribution in [0.5, 0.6) is 0 Å². The molecule has 0 saturated carbocycles. The van der Waals surface area contributed by atoms with E-state index >= 15 is 0 Å². The number of imidazole rings is 1. The van der Waals surface area contributed by atoms with E-state index in [-0.39, 0.29) is 17.4 Å². The van der Waals surface area contributed by atoms with E-state index in [1.807, 2.05) is 13.8 Å². The Balaban J connectivity index is 1.88.